The minimum atomic E-state index is 0.732. The number of hydrogen-bond acceptors (Lipinski definition) is 2. The minimum absolute atomic E-state index is 0.732. The zero-order valence-corrected chi connectivity index (χ0v) is 11.5. The Morgan fingerprint density at radius 1 is 1.53 bits per heavy atom. The number of aryl methyl sites for hydroxylation is 1. The van der Waals surface area contributed by atoms with Gasteiger partial charge in [-0.2, -0.15) is 5.10 Å². The van der Waals surface area contributed by atoms with E-state index in [0.29, 0.717) is 0 Å². The van der Waals surface area contributed by atoms with E-state index in [4.69, 9.17) is 0 Å². The summed E-state index contributed by atoms with van der Waals surface area (Å²) < 4.78 is 1.85. The molecule has 0 aromatic carbocycles. The van der Waals surface area contributed by atoms with E-state index in [1.807, 2.05) is 17.9 Å². The fraction of sp³-hybridized carbons (Fsp3) is 0.643. The van der Waals surface area contributed by atoms with Crippen molar-refractivity contribution in [3.8, 4) is 0 Å². The van der Waals surface area contributed by atoms with Crippen molar-refractivity contribution in [2.24, 2.45) is 13.0 Å². The van der Waals surface area contributed by atoms with Gasteiger partial charge in [0, 0.05) is 13.2 Å². The van der Waals surface area contributed by atoms with Gasteiger partial charge < -0.3 is 5.32 Å². The smallest absolute Gasteiger partial charge is 0.0524 e. The maximum atomic E-state index is 4.18. The second kappa shape index (κ2) is 7.28. The van der Waals surface area contributed by atoms with Crippen LogP contribution in [0.1, 0.15) is 32.8 Å². The van der Waals surface area contributed by atoms with Crippen LogP contribution in [0.15, 0.2) is 24.0 Å². The molecule has 0 bridgehead atoms. The Labute approximate surface area is 105 Å². The molecule has 96 valence electrons. The molecular formula is C14H25N3. The molecule has 1 aromatic rings. The Hall–Kier alpha value is -1.09. The lowest BCUT2D eigenvalue weighted by atomic mass is 10.1. The first-order valence-corrected chi connectivity index (χ1v) is 6.42. The monoisotopic (exact) mass is 235 g/mol. The Morgan fingerprint density at radius 2 is 2.29 bits per heavy atom. The lowest BCUT2D eigenvalue weighted by Gasteiger charge is -2.05. The molecule has 1 N–H and O–H groups in total. The van der Waals surface area contributed by atoms with Gasteiger partial charge in [0.15, 0.2) is 0 Å². The van der Waals surface area contributed by atoms with E-state index in [9.17, 15) is 0 Å². The van der Waals surface area contributed by atoms with Crippen LogP contribution in [-0.2, 0) is 13.5 Å². The molecule has 0 atom stereocenters. The van der Waals surface area contributed by atoms with Crippen molar-refractivity contribution < 1.29 is 0 Å². The standard InChI is InChI=1S/C14H25N3/c1-12(2)9-15-7-5-6-13(3)8-14-10-16-17(4)11-14/h6,10-12,15H,5,7-9H2,1-4H3. The van der Waals surface area contributed by atoms with Crippen molar-refractivity contribution in [2.75, 3.05) is 13.1 Å². The van der Waals surface area contributed by atoms with Crippen molar-refractivity contribution in [1.82, 2.24) is 15.1 Å². The molecule has 0 amide bonds. The third kappa shape index (κ3) is 6.27. The number of aromatic nitrogens is 2. The van der Waals surface area contributed by atoms with Crippen LogP contribution >= 0.6 is 0 Å². The van der Waals surface area contributed by atoms with E-state index in [2.05, 4.69) is 43.5 Å². The van der Waals surface area contributed by atoms with Gasteiger partial charge in [-0.1, -0.05) is 25.5 Å². The Balaban J connectivity index is 2.21. The molecule has 3 nitrogen and oxygen atoms in total. The van der Waals surface area contributed by atoms with Crippen molar-refractivity contribution in [3.05, 3.63) is 29.6 Å². The Morgan fingerprint density at radius 3 is 2.88 bits per heavy atom. The van der Waals surface area contributed by atoms with Gasteiger partial charge >= 0.3 is 0 Å². The molecule has 3 heteroatoms. The molecule has 0 aliphatic rings. The van der Waals surface area contributed by atoms with Gasteiger partial charge in [0.1, 0.15) is 0 Å². The first-order valence-electron chi connectivity index (χ1n) is 6.42. The molecule has 1 heterocycles. The molecule has 17 heavy (non-hydrogen) atoms. The highest BCUT2D eigenvalue weighted by atomic mass is 15.2. The van der Waals surface area contributed by atoms with E-state index in [1.165, 1.54) is 11.1 Å². The van der Waals surface area contributed by atoms with Crippen LogP contribution in [0, 0.1) is 5.92 Å². The second-order valence-electron chi connectivity index (χ2n) is 5.14. The van der Waals surface area contributed by atoms with Crippen molar-refractivity contribution in [3.63, 3.8) is 0 Å². The van der Waals surface area contributed by atoms with E-state index in [1.54, 1.807) is 0 Å². The predicted molar refractivity (Wildman–Crippen MR) is 73.0 cm³/mol. The zero-order valence-electron chi connectivity index (χ0n) is 11.5. The zero-order chi connectivity index (χ0) is 12.7. The lowest BCUT2D eigenvalue weighted by Crippen LogP contribution is -2.20. The third-order valence-electron chi connectivity index (χ3n) is 2.61. The summed E-state index contributed by atoms with van der Waals surface area (Å²) in [4.78, 5) is 0. The second-order valence-corrected chi connectivity index (χ2v) is 5.14. The lowest BCUT2D eigenvalue weighted by molar-refractivity contribution is 0.556. The van der Waals surface area contributed by atoms with Crippen LogP contribution in [0.25, 0.3) is 0 Å². The molecule has 0 fully saturated rings. The minimum Gasteiger partial charge on any atom is -0.316 e. The molecule has 0 aliphatic carbocycles. The van der Waals surface area contributed by atoms with Gasteiger partial charge in [-0.05, 0) is 44.3 Å². The molecule has 1 rings (SSSR count). The highest BCUT2D eigenvalue weighted by molar-refractivity contribution is 5.14. The summed E-state index contributed by atoms with van der Waals surface area (Å²) in [5, 5.41) is 7.62. The van der Waals surface area contributed by atoms with E-state index < -0.39 is 0 Å². The van der Waals surface area contributed by atoms with E-state index >= 15 is 0 Å². The molecular weight excluding hydrogens is 210 g/mol. The molecule has 0 unspecified atom stereocenters. The largest absolute Gasteiger partial charge is 0.316 e. The molecule has 0 spiro atoms. The van der Waals surface area contributed by atoms with Gasteiger partial charge in [-0.25, -0.2) is 0 Å². The number of nitrogens with zero attached hydrogens (tertiary/aromatic N) is 2. The fourth-order valence-corrected chi connectivity index (χ4v) is 1.77. The molecule has 0 aliphatic heterocycles. The van der Waals surface area contributed by atoms with Gasteiger partial charge in [0.2, 0.25) is 0 Å². The van der Waals surface area contributed by atoms with Crippen molar-refractivity contribution in [2.45, 2.75) is 33.6 Å². The maximum Gasteiger partial charge on any atom is 0.0524 e. The number of rotatable bonds is 7. The third-order valence-corrected chi connectivity index (χ3v) is 2.61. The summed E-state index contributed by atoms with van der Waals surface area (Å²) in [6.45, 7) is 8.83. The molecule has 0 saturated carbocycles. The van der Waals surface area contributed by atoms with Crippen molar-refractivity contribution >= 4 is 0 Å². The van der Waals surface area contributed by atoms with Gasteiger partial charge in [0.05, 0.1) is 6.20 Å². The summed E-state index contributed by atoms with van der Waals surface area (Å²) in [7, 11) is 1.96. The Kier molecular flexibility index (Phi) is 5.98. The van der Waals surface area contributed by atoms with Crippen LogP contribution in [0.5, 0.6) is 0 Å². The van der Waals surface area contributed by atoms with Gasteiger partial charge in [-0.3, -0.25) is 4.68 Å². The quantitative estimate of drug-likeness (QED) is 0.581. The first kappa shape index (κ1) is 14.0. The topological polar surface area (TPSA) is 29.9 Å². The van der Waals surface area contributed by atoms with Crippen LogP contribution in [0.3, 0.4) is 0 Å². The molecule has 1 aromatic heterocycles. The maximum absolute atomic E-state index is 4.18. The summed E-state index contributed by atoms with van der Waals surface area (Å²) in [5.41, 5.74) is 2.71. The SMILES string of the molecule is CC(=CCCNCC(C)C)Cc1cnn(C)c1. The normalized spacial score (nSPS) is 12.4. The van der Waals surface area contributed by atoms with Crippen LogP contribution in [0.4, 0.5) is 0 Å². The summed E-state index contributed by atoms with van der Waals surface area (Å²) in [6.07, 6.45) is 8.46. The average molecular weight is 235 g/mol. The highest BCUT2D eigenvalue weighted by Crippen LogP contribution is 2.06. The van der Waals surface area contributed by atoms with Gasteiger partial charge in [-0.15, -0.1) is 0 Å². The number of hydrogen-bond donors (Lipinski definition) is 1. The van der Waals surface area contributed by atoms with Crippen molar-refractivity contribution in [1.29, 1.82) is 0 Å². The van der Waals surface area contributed by atoms with Crippen LogP contribution < -0.4 is 5.32 Å². The highest BCUT2D eigenvalue weighted by Gasteiger charge is 1.97. The fourth-order valence-electron chi connectivity index (χ4n) is 1.77. The predicted octanol–water partition coefficient (Wildman–Crippen LogP) is 2.54. The van der Waals surface area contributed by atoms with Crippen LogP contribution in [0.2, 0.25) is 0 Å². The van der Waals surface area contributed by atoms with Gasteiger partial charge in [0.25, 0.3) is 0 Å². The van der Waals surface area contributed by atoms with E-state index in [0.717, 1.165) is 31.8 Å². The average Bonchev–Trinajstić information content (AvgIpc) is 2.63. The van der Waals surface area contributed by atoms with E-state index in [-0.39, 0.29) is 0 Å². The first-order chi connectivity index (χ1) is 8.08. The summed E-state index contributed by atoms with van der Waals surface area (Å²) in [5.74, 6) is 0.732. The Bertz CT molecular complexity index is 350. The molecule has 0 saturated heterocycles. The summed E-state index contributed by atoms with van der Waals surface area (Å²) in [6, 6.07) is 0. The van der Waals surface area contributed by atoms with Crippen LogP contribution in [-0.4, -0.2) is 22.9 Å². The molecule has 0 radical (unpaired) electrons. The number of nitrogens with one attached hydrogen (secondary N) is 1. The number of allylic oxidation sites excluding steroid dienone is 1. The summed E-state index contributed by atoms with van der Waals surface area (Å²) >= 11 is 0.